The standard InChI is InChI=1S/C16H10F5N3O/c17-9-5-6-11(10(18)7-9)22-14(25)8-24-13-4-2-1-3-12(13)23-15(24)16(19,20)21/h1-7H,8H2,(H,22,25). The molecule has 1 heterocycles. The number of nitrogens with one attached hydrogen (secondary N) is 1. The summed E-state index contributed by atoms with van der Waals surface area (Å²) in [6, 6.07) is 8.28. The molecule has 3 rings (SSSR count). The number of carbonyl (C=O) groups excluding carboxylic acids is 1. The van der Waals surface area contributed by atoms with Gasteiger partial charge in [-0.15, -0.1) is 0 Å². The SMILES string of the molecule is O=C(Cn1c(C(F)(F)F)nc2ccccc21)Nc1ccc(F)cc1F. The highest BCUT2D eigenvalue weighted by molar-refractivity contribution is 5.91. The van der Waals surface area contributed by atoms with Gasteiger partial charge in [-0.05, 0) is 24.3 Å². The van der Waals surface area contributed by atoms with Crippen LogP contribution in [0.25, 0.3) is 11.0 Å². The third-order valence-corrected chi connectivity index (χ3v) is 3.42. The largest absolute Gasteiger partial charge is 0.449 e. The van der Waals surface area contributed by atoms with Crippen molar-refractivity contribution in [3.05, 3.63) is 59.9 Å². The van der Waals surface area contributed by atoms with Crippen molar-refractivity contribution in [3.8, 4) is 0 Å². The highest BCUT2D eigenvalue weighted by Crippen LogP contribution is 2.31. The number of benzene rings is 2. The number of imidazole rings is 1. The molecule has 0 unspecified atom stereocenters. The van der Waals surface area contributed by atoms with Crippen molar-refractivity contribution in [1.29, 1.82) is 0 Å². The Labute approximate surface area is 137 Å². The Hall–Kier alpha value is -2.97. The number of aromatic nitrogens is 2. The van der Waals surface area contributed by atoms with E-state index in [-0.39, 0.29) is 16.7 Å². The van der Waals surface area contributed by atoms with E-state index in [2.05, 4.69) is 10.3 Å². The fraction of sp³-hybridized carbons (Fsp3) is 0.125. The first-order valence-corrected chi connectivity index (χ1v) is 7.03. The van der Waals surface area contributed by atoms with E-state index >= 15 is 0 Å². The molecular formula is C16H10F5N3O. The van der Waals surface area contributed by atoms with Crippen molar-refractivity contribution in [2.75, 3.05) is 5.32 Å². The summed E-state index contributed by atoms with van der Waals surface area (Å²) in [5.74, 6) is -4.00. The number of hydrogen-bond donors (Lipinski definition) is 1. The molecule has 3 aromatic rings. The number of anilines is 1. The van der Waals surface area contributed by atoms with E-state index in [1.807, 2.05) is 0 Å². The van der Waals surface area contributed by atoms with Crippen LogP contribution in [0.1, 0.15) is 5.82 Å². The van der Waals surface area contributed by atoms with Crippen molar-refractivity contribution in [3.63, 3.8) is 0 Å². The number of hydrogen-bond acceptors (Lipinski definition) is 2. The van der Waals surface area contributed by atoms with E-state index in [4.69, 9.17) is 0 Å². The summed E-state index contributed by atoms with van der Waals surface area (Å²) in [6.45, 7) is -0.730. The first kappa shape index (κ1) is 16.9. The summed E-state index contributed by atoms with van der Waals surface area (Å²) in [6.07, 6.45) is -4.76. The molecule has 1 amide bonds. The minimum absolute atomic E-state index is 0.0792. The molecule has 1 N–H and O–H groups in total. The molecule has 0 aliphatic heterocycles. The topological polar surface area (TPSA) is 46.9 Å². The number of nitrogens with zero attached hydrogens (tertiary/aromatic N) is 2. The Morgan fingerprint density at radius 1 is 1.12 bits per heavy atom. The highest BCUT2D eigenvalue weighted by atomic mass is 19.4. The zero-order valence-electron chi connectivity index (χ0n) is 12.4. The molecule has 4 nitrogen and oxygen atoms in total. The van der Waals surface area contributed by atoms with Crippen molar-refractivity contribution in [2.24, 2.45) is 0 Å². The maximum absolute atomic E-state index is 13.6. The van der Waals surface area contributed by atoms with Crippen LogP contribution in [0.2, 0.25) is 0 Å². The van der Waals surface area contributed by atoms with Crippen molar-refractivity contribution >= 4 is 22.6 Å². The van der Waals surface area contributed by atoms with Crippen LogP contribution < -0.4 is 5.32 Å². The molecule has 0 saturated carbocycles. The second-order valence-corrected chi connectivity index (χ2v) is 5.18. The van der Waals surface area contributed by atoms with Crippen LogP contribution in [0, 0.1) is 11.6 Å². The zero-order chi connectivity index (χ0) is 18.2. The summed E-state index contributed by atoms with van der Waals surface area (Å²) in [5, 5.41) is 2.12. The lowest BCUT2D eigenvalue weighted by molar-refractivity contribution is -0.147. The summed E-state index contributed by atoms with van der Waals surface area (Å²) >= 11 is 0. The Balaban J connectivity index is 1.93. The van der Waals surface area contributed by atoms with E-state index in [0.717, 1.165) is 12.1 Å². The molecule has 9 heteroatoms. The maximum atomic E-state index is 13.6. The zero-order valence-corrected chi connectivity index (χ0v) is 12.4. The lowest BCUT2D eigenvalue weighted by Crippen LogP contribution is -2.23. The van der Waals surface area contributed by atoms with E-state index in [9.17, 15) is 26.7 Å². The number of fused-ring (bicyclic) bond motifs is 1. The van der Waals surface area contributed by atoms with Crippen LogP contribution in [-0.2, 0) is 17.5 Å². The van der Waals surface area contributed by atoms with Crippen LogP contribution in [0.3, 0.4) is 0 Å². The number of para-hydroxylation sites is 2. The number of halogens is 5. The molecule has 0 fully saturated rings. The minimum atomic E-state index is -4.76. The number of alkyl halides is 3. The van der Waals surface area contributed by atoms with E-state index < -0.39 is 36.1 Å². The van der Waals surface area contributed by atoms with Gasteiger partial charge < -0.3 is 9.88 Å². The van der Waals surface area contributed by atoms with Gasteiger partial charge in [-0.2, -0.15) is 13.2 Å². The molecule has 0 atom stereocenters. The molecule has 0 bridgehead atoms. The molecule has 0 spiro atoms. The Morgan fingerprint density at radius 2 is 1.84 bits per heavy atom. The Morgan fingerprint density at radius 3 is 2.52 bits per heavy atom. The molecule has 0 radical (unpaired) electrons. The number of rotatable bonds is 3. The normalized spacial score (nSPS) is 11.7. The number of carbonyl (C=O) groups is 1. The molecular weight excluding hydrogens is 345 g/mol. The average molecular weight is 355 g/mol. The molecule has 0 saturated heterocycles. The van der Waals surface area contributed by atoms with Crippen LogP contribution in [0.4, 0.5) is 27.6 Å². The van der Waals surface area contributed by atoms with Gasteiger partial charge in [0.15, 0.2) is 0 Å². The van der Waals surface area contributed by atoms with Crippen LogP contribution >= 0.6 is 0 Å². The van der Waals surface area contributed by atoms with Gasteiger partial charge in [0, 0.05) is 6.07 Å². The second kappa shape index (κ2) is 6.15. The fourth-order valence-electron chi connectivity index (χ4n) is 2.38. The smallest absolute Gasteiger partial charge is 0.322 e. The lowest BCUT2D eigenvalue weighted by atomic mass is 10.3. The Bertz CT molecular complexity index is 949. The van der Waals surface area contributed by atoms with Crippen LogP contribution in [-0.4, -0.2) is 15.5 Å². The molecule has 0 aliphatic carbocycles. The van der Waals surface area contributed by atoms with Crippen LogP contribution in [0.15, 0.2) is 42.5 Å². The van der Waals surface area contributed by atoms with E-state index in [0.29, 0.717) is 10.6 Å². The van der Waals surface area contributed by atoms with Crippen LogP contribution in [0.5, 0.6) is 0 Å². The third kappa shape index (κ3) is 3.44. The molecule has 2 aromatic carbocycles. The molecule has 130 valence electrons. The molecule has 25 heavy (non-hydrogen) atoms. The first-order valence-electron chi connectivity index (χ1n) is 7.03. The molecule has 0 aliphatic rings. The van der Waals surface area contributed by atoms with Gasteiger partial charge >= 0.3 is 6.18 Å². The average Bonchev–Trinajstić information content (AvgIpc) is 2.89. The summed E-state index contributed by atoms with van der Waals surface area (Å²) < 4.78 is 66.6. The van der Waals surface area contributed by atoms with Gasteiger partial charge in [0.1, 0.15) is 18.2 Å². The van der Waals surface area contributed by atoms with Gasteiger partial charge in [0.25, 0.3) is 0 Å². The number of amides is 1. The minimum Gasteiger partial charge on any atom is -0.322 e. The summed E-state index contributed by atoms with van der Waals surface area (Å²) in [4.78, 5) is 15.6. The summed E-state index contributed by atoms with van der Waals surface area (Å²) in [5.41, 5.74) is -0.135. The quantitative estimate of drug-likeness (QED) is 0.723. The Kier molecular flexibility index (Phi) is 4.15. The first-order chi connectivity index (χ1) is 11.8. The highest BCUT2D eigenvalue weighted by Gasteiger charge is 2.38. The monoisotopic (exact) mass is 355 g/mol. The van der Waals surface area contributed by atoms with Crippen molar-refractivity contribution in [2.45, 2.75) is 12.7 Å². The maximum Gasteiger partial charge on any atom is 0.449 e. The predicted molar refractivity (Wildman–Crippen MR) is 79.7 cm³/mol. The fourth-order valence-corrected chi connectivity index (χ4v) is 2.38. The second-order valence-electron chi connectivity index (χ2n) is 5.18. The van der Waals surface area contributed by atoms with Gasteiger partial charge in [-0.25, -0.2) is 13.8 Å². The van der Waals surface area contributed by atoms with E-state index in [1.165, 1.54) is 24.3 Å². The van der Waals surface area contributed by atoms with Gasteiger partial charge in [-0.1, -0.05) is 12.1 Å². The van der Waals surface area contributed by atoms with Crippen molar-refractivity contribution < 1.29 is 26.7 Å². The van der Waals surface area contributed by atoms with Gasteiger partial charge in [-0.3, -0.25) is 4.79 Å². The van der Waals surface area contributed by atoms with Gasteiger partial charge in [0.05, 0.1) is 16.7 Å². The molecule has 1 aromatic heterocycles. The third-order valence-electron chi connectivity index (χ3n) is 3.42. The van der Waals surface area contributed by atoms with Gasteiger partial charge in [0.2, 0.25) is 11.7 Å². The van der Waals surface area contributed by atoms with Crippen molar-refractivity contribution in [1.82, 2.24) is 9.55 Å². The summed E-state index contributed by atoms with van der Waals surface area (Å²) in [7, 11) is 0. The van der Waals surface area contributed by atoms with E-state index in [1.54, 1.807) is 0 Å². The lowest BCUT2D eigenvalue weighted by Gasteiger charge is -2.12. The predicted octanol–water partition coefficient (Wildman–Crippen LogP) is 3.97.